The van der Waals surface area contributed by atoms with Crippen molar-refractivity contribution in [2.75, 3.05) is 0 Å². The van der Waals surface area contributed by atoms with E-state index in [4.69, 9.17) is 0 Å². The van der Waals surface area contributed by atoms with Crippen LogP contribution >= 0.6 is 0 Å². The van der Waals surface area contributed by atoms with Crippen molar-refractivity contribution in [2.24, 2.45) is 0 Å². The van der Waals surface area contributed by atoms with Crippen LogP contribution in [0.15, 0.2) is 12.3 Å². The molecule has 0 radical (unpaired) electrons. The van der Waals surface area contributed by atoms with Crippen molar-refractivity contribution in [3.05, 3.63) is 29.1 Å². The van der Waals surface area contributed by atoms with Gasteiger partial charge in [0.15, 0.2) is 0 Å². The van der Waals surface area contributed by atoms with Gasteiger partial charge in [0.2, 0.25) is 0 Å². The molecule has 1 atom stereocenters. The molecule has 0 amide bonds. The minimum absolute atomic E-state index is 0.485. The van der Waals surface area contributed by atoms with Gasteiger partial charge < -0.3 is 5.32 Å². The summed E-state index contributed by atoms with van der Waals surface area (Å²) < 4.78 is 0. The summed E-state index contributed by atoms with van der Waals surface area (Å²) >= 11 is 0. The molecule has 11 heavy (non-hydrogen) atoms. The Labute approximate surface area is 66.7 Å². The van der Waals surface area contributed by atoms with Gasteiger partial charge in [-0.15, -0.1) is 0 Å². The minimum atomic E-state index is 0.485. The zero-order valence-corrected chi connectivity index (χ0v) is 6.89. The highest BCUT2D eigenvalue weighted by Crippen LogP contribution is 2.25. The van der Waals surface area contributed by atoms with Gasteiger partial charge in [-0.3, -0.25) is 4.98 Å². The molecular weight excluding hydrogens is 136 g/mol. The van der Waals surface area contributed by atoms with Crippen molar-refractivity contribution in [1.82, 2.24) is 10.3 Å². The second-order valence-corrected chi connectivity index (χ2v) is 3.07. The van der Waals surface area contributed by atoms with E-state index in [2.05, 4.69) is 30.2 Å². The van der Waals surface area contributed by atoms with Crippen molar-refractivity contribution < 1.29 is 0 Å². The lowest BCUT2D eigenvalue weighted by atomic mass is 10.1. The Morgan fingerprint density at radius 2 is 2.45 bits per heavy atom. The Kier molecular flexibility index (Phi) is 1.43. The first-order chi connectivity index (χ1) is 5.29. The molecule has 2 heteroatoms. The van der Waals surface area contributed by atoms with Crippen LogP contribution in [0.5, 0.6) is 0 Å². The van der Waals surface area contributed by atoms with Crippen LogP contribution in [0.2, 0.25) is 0 Å². The number of aromatic nitrogens is 1. The van der Waals surface area contributed by atoms with Crippen LogP contribution in [0.3, 0.4) is 0 Å². The quantitative estimate of drug-likeness (QED) is 0.604. The molecule has 0 saturated heterocycles. The molecule has 2 heterocycles. The Balaban J connectivity index is 2.58. The average molecular weight is 148 g/mol. The Hall–Kier alpha value is -0.890. The molecule has 0 aliphatic carbocycles. The largest absolute Gasteiger partial charge is 0.306 e. The second-order valence-electron chi connectivity index (χ2n) is 3.07. The van der Waals surface area contributed by atoms with E-state index in [0.29, 0.717) is 6.04 Å². The second kappa shape index (κ2) is 2.31. The maximum atomic E-state index is 4.26. The van der Waals surface area contributed by atoms with Crippen LogP contribution in [0.25, 0.3) is 0 Å². The van der Waals surface area contributed by atoms with Gasteiger partial charge in [-0.1, -0.05) is 0 Å². The number of hydrogen-bond donors (Lipinski definition) is 1. The van der Waals surface area contributed by atoms with Gasteiger partial charge in [-0.25, -0.2) is 0 Å². The summed E-state index contributed by atoms with van der Waals surface area (Å²) in [6.45, 7) is 5.25. The fraction of sp³-hybridized carbons (Fsp3) is 0.444. The monoisotopic (exact) mass is 148 g/mol. The van der Waals surface area contributed by atoms with Crippen LogP contribution in [0.1, 0.15) is 29.8 Å². The molecule has 1 aromatic heterocycles. The first kappa shape index (κ1) is 6.80. The highest BCUT2D eigenvalue weighted by Gasteiger charge is 2.19. The van der Waals surface area contributed by atoms with E-state index in [0.717, 1.165) is 6.54 Å². The molecule has 1 aliphatic heterocycles. The molecular formula is C9H12N2. The lowest BCUT2D eigenvalue weighted by molar-refractivity contribution is 0.630. The molecule has 58 valence electrons. The zero-order valence-electron chi connectivity index (χ0n) is 6.89. The van der Waals surface area contributed by atoms with Crippen LogP contribution in [-0.4, -0.2) is 4.98 Å². The van der Waals surface area contributed by atoms with Crippen LogP contribution in [0.4, 0.5) is 0 Å². The van der Waals surface area contributed by atoms with Crippen molar-refractivity contribution in [1.29, 1.82) is 0 Å². The molecule has 1 aliphatic rings. The van der Waals surface area contributed by atoms with E-state index in [-0.39, 0.29) is 0 Å². The number of pyridine rings is 1. The topological polar surface area (TPSA) is 24.9 Å². The molecule has 1 unspecified atom stereocenters. The van der Waals surface area contributed by atoms with Crippen molar-refractivity contribution in [2.45, 2.75) is 26.4 Å². The third-order valence-corrected chi connectivity index (χ3v) is 2.31. The van der Waals surface area contributed by atoms with Gasteiger partial charge in [0, 0.05) is 24.5 Å². The van der Waals surface area contributed by atoms with E-state index in [1.54, 1.807) is 0 Å². The van der Waals surface area contributed by atoms with Gasteiger partial charge in [0.25, 0.3) is 0 Å². The molecule has 2 nitrogen and oxygen atoms in total. The summed E-state index contributed by atoms with van der Waals surface area (Å²) in [5, 5.41) is 3.39. The third kappa shape index (κ3) is 0.942. The number of aryl methyl sites for hydroxylation is 1. The molecule has 1 aromatic rings. The van der Waals surface area contributed by atoms with Crippen molar-refractivity contribution in [3.63, 3.8) is 0 Å². The Bertz CT molecular complexity index is 281. The smallest absolute Gasteiger partial charge is 0.0423 e. The van der Waals surface area contributed by atoms with E-state index in [1.165, 1.54) is 16.8 Å². The molecule has 2 rings (SSSR count). The first-order valence-electron chi connectivity index (χ1n) is 3.97. The third-order valence-electron chi connectivity index (χ3n) is 2.31. The highest BCUT2D eigenvalue weighted by molar-refractivity contribution is 5.35. The van der Waals surface area contributed by atoms with E-state index < -0.39 is 0 Å². The maximum absolute atomic E-state index is 4.26. The van der Waals surface area contributed by atoms with Gasteiger partial charge in [-0.2, -0.15) is 0 Å². The summed E-state index contributed by atoms with van der Waals surface area (Å²) in [5.41, 5.74) is 3.97. The predicted octanol–water partition coefficient (Wildman–Crippen LogP) is 1.55. The normalized spacial score (nSPS) is 21.8. The van der Waals surface area contributed by atoms with Gasteiger partial charge in [0.05, 0.1) is 0 Å². The molecule has 0 spiro atoms. The molecule has 1 N–H and O–H groups in total. The predicted molar refractivity (Wildman–Crippen MR) is 44.2 cm³/mol. The van der Waals surface area contributed by atoms with Gasteiger partial charge >= 0.3 is 0 Å². The molecule has 0 saturated carbocycles. The summed E-state index contributed by atoms with van der Waals surface area (Å²) in [4.78, 5) is 4.26. The SMILES string of the molecule is Cc1nccc2c1C(C)NC2. The first-order valence-corrected chi connectivity index (χ1v) is 3.97. The maximum Gasteiger partial charge on any atom is 0.0423 e. The molecule has 0 bridgehead atoms. The summed E-state index contributed by atoms with van der Waals surface area (Å²) in [5.74, 6) is 0. The van der Waals surface area contributed by atoms with E-state index in [9.17, 15) is 0 Å². The zero-order chi connectivity index (χ0) is 7.84. The Morgan fingerprint density at radius 3 is 3.18 bits per heavy atom. The van der Waals surface area contributed by atoms with E-state index in [1.807, 2.05) is 6.20 Å². The van der Waals surface area contributed by atoms with Crippen LogP contribution in [-0.2, 0) is 6.54 Å². The number of fused-ring (bicyclic) bond motifs is 1. The molecule has 0 aromatic carbocycles. The van der Waals surface area contributed by atoms with Gasteiger partial charge in [0.1, 0.15) is 0 Å². The summed E-state index contributed by atoms with van der Waals surface area (Å²) in [7, 11) is 0. The number of nitrogens with zero attached hydrogens (tertiary/aromatic N) is 1. The van der Waals surface area contributed by atoms with Crippen molar-refractivity contribution >= 4 is 0 Å². The standard InChI is InChI=1S/C9H12N2/c1-6-9-7(2)11-5-8(9)3-4-10-6/h3-4,7,11H,5H2,1-2H3. The molecule has 0 fully saturated rings. The minimum Gasteiger partial charge on any atom is -0.306 e. The van der Waals surface area contributed by atoms with E-state index >= 15 is 0 Å². The van der Waals surface area contributed by atoms with Gasteiger partial charge in [-0.05, 0) is 31.0 Å². The average Bonchev–Trinajstić information content (AvgIpc) is 2.34. The van der Waals surface area contributed by atoms with Crippen LogP contribution in [0, 0.1) is 6.92 Å². The van der Waals surface area contributed by atoms with Crippen LogP contribution < -0.4 is 5.32 Å². The Morgan fingerprint density at radius 1 is 1.64 bits per heavy atom. The number of rotatable bonds is 0. The van der Waals surface area contributed by atoms with Crippen molar-refractivity contribution in [3.8, 4) is 0 Å². The lowest BCUT2D eigenvalue weighted by Gasteiger charge is -2.05. The summed E-state index contributed by atoms with van der Waals surface area (Å²) in [6, 6.07) is 2.58. The fourth-order valence-electron chi connectivity index (χ4n) is 1.74. The number of nitrogens with one attached hydrogen (secondary N) is 1. The number of hydrogen-bond acceptors (Lipinski definition) is 2. The lowest BCUT2D eigenvalue weighted by Crippen LogP contribution is -2.07. The summed E-state index contributed by atoms with van der Waals surface area (Å²) in [6.07, 6.45) is 1.88. The highest BCUT2D eigenvalue weighted by atomic mass is 14.9. The fourth-order valence-corrected chi connectivity index (χ4v) is 1.74.